The van der Waals surface area contributed by atoms with Crippen LogP contribution in [-0.4, -0.2) is 69.8 Å². The number of nitrogens with zero attached hydrogens (tertiary/aromatic N) is 2. The van der Waals surface area contributed by atoms with E-state index in [2.05, 4.69) is 10.2 Å². The Balaban J connectivity index is 1.31. The number of rotatable bonds is 11. The number of anilines is 1. The molecule has 2 heterocycles. The first kappa shape index (κ1) is 32.0. The standard InChI is InChI=1S/C32H29Cl2N3O5S2/c33-23-6-9-26(34)25(19-23)21-5-10-27(42-16-15-36-12-1-2-13-36)22(17-21)18-28-30(39)37(32(43)44-28)14-11-29(38)35-24-7-3-20(4-8-24)31(40)41/h3-10,17-19H,1-2,11-16H2,(H,35,38)(H,40,41). The average Bonchev–Trinajstić information content (AvgIpc) is 3.61. The Morgan fingerprint density at radius 3 is 2.50 bits per heavy atom. The normalized spacial score (nSPS) is 16.1. The molecule has 0 radical (unpaired) electrons. The first-order valence-corrected chi connectivity index (χ1v) is 16.0. The highest BCUT2D eigenvalue weighted by Gasteiger charge is 2.32. The number of thioether (sulfide) groups is 1. The van der Waals surface area contributed by atoms with Gasteiger partial charge in [-0.05, 0) is 92.2 Å². The summed E-state index contributed by atoms with van der Waals surface area (Å²) in [6, 6.07) is 16.8. The number of nitrogens with one attached hydrogen (secondary N) is 1. The molecule has 0 bridgehead atoms. The van der Waals surface area contributed by atoms with Crippen LogP contribution in [0.3, 0.4) is 0 Å². The van der Waals surface area contributed by atoms with Crippen LogP contribution in [0.25, 0.3) is 17.2 Å². The number of carbonyl (C=O) groups is 3. The first-order valence-electron chi connectivity index (χ1n) is 14.0. The van der Waals surface area contributed by atoms with Crippen LogP contribution in [-0.2, 0) is 9.59 Å². The molecule has 0 aliphatic carbocycles. The number of hydrogen-bond donors (Lipinski definition) is 2. The van der Waals surface area contributed by atoms with Crippen LogP contribution < -0.4 is 10.1 Å². The Morgan fingerprint density at radius 1 is 1.02 bits per heavy atom. The maximum atomic E-state index is 13.4. The fourth-order valence-corrected chi connectivity index (χ4v) is 6.64. The zero-order valence-electron chi connectivity index (χ0n) is 23.6. The van der Waals surface area contributed by atoms with E-state index in [4.69, 9.17) is 45.3 Å². The summed E-state index contributed by atoms with van der Waals surface area (Å²) in [4.78, 5) is 41.2. The van der Waals surface area contributed by atoms with Gasteiger partial charge in [-0.25, -0.2) is 4.79 Å². The number of likely N-dealkylation sites (tertiary alicyclic amines) is 1. The van der Waals surface area contributed by atoms with Crippen molar-refractivity contribution in [2.45, 2.75) is 19.3 Å². The Kier molecular flexibility index (Phi) is 10.6. The van der Waals surface area contributed by atoms with Gasteiger partial charge in [-0.2, -0.15) is 0 Å². The number of hydrogen-bond acceptors (Lipinski definition) is 7. The lowest BCUT2D eigenvalue weighted by Gasteiger charge is -2.17. The molecule has 44 heavy (non-hydrogen) atoms. The van der Waals surface area contributed by atoms with Gasteiger partial charge in [0.05, 0.1) is 10.5 Å². The topological polar surface area (TPSA) is 99.2 Å². The molecule has 2 saturated heterocycles. The van der Waals surface area contributed by atoms with Crippen LogP contribution in [0.4, 0.5) is 5.69 Å². The predicted molar refractivity (Wildman–Crippen MR) is 180 cm³/mol. The molecule has 2 fully saturated rings. The summed E-state index contributed by atoms with van der Waals surface area (Å²) in [5, 5.41) is 12.9. The van der Waals surface area contributed by atoms with Crippen LogP contribution in [0.1, 0.15) is 35.2 Å². The molecule has 0 saturated carbocycles. The van der Waals surface area contributed by atoms with Crippen molar-refractivity contribution >= 4 is 81.0 Å². The van der Waals surface area contributed by atoms with Gasteiger partial charge in [0, 0.05) is 46.4 Å². The lowest BCUT2D eigenvalue weighted by atomic mass is 10.0. The number of benzene rings is 3. The predicted octanol–water partition coefficient (Wildman–Crippen LogP) is 7.06. The number of carboxylic acid groups (broad SMARTS) is 1. The minimum atomic E-state index is -1.05. The highest BCUT2D eigenvalue weighted by Crippen LogP contribution is 2.37. The minimum Gasteiger partial charge on any atom is -0.492 e. The lowest BCUT2D eigenvalue weighted by molar-refractivity contribution is -0.122. The third-order valence-corrected chi connectivity index (χ3v) is 9.19. The van der Waals surface area contributed by atoms with Gasteiger partial charge >= 0.3 is 5.97 Å². The molecular weight excluding hydrogens is 641 g/mol. The summed E-state index contributed by atoms with van der Waals surface area (Å²) >= 11 is 19.4. The highest BCUT2D eigenvalue weighted by molar-refractivity contribution is 8.26. The van der Waals surface area contributed by atoms with E-state index in [1.165, 1.54) is 53.8 Å². The maximum Gasteiger partial charge on any atom is 0.335 e. The molecule has 0 atom stereocenters. The summed E-state index contributed by atoms with van der Waals surface area (Å²) in [6.45, 7) is 3.56. The zero-order valence-corrected chi connectivity index (χ0v) is 26.7. The molecular formula is C32H29Cl2N3O5S2. The van der Waals surface area contributed by atoms with Gasteiger partial charge in [0.25, 0.3) is 5.91 Å². The molecule has 0 spiro atoms. The molecule has 228 valence electrons. The summed E-state index contributed by atoms with van der Waals surface area (Å²) in [6.07, 6.45) is 4.16. The second kappa shape index (κ2) is 14.6. The third kappa shape index (κ3) is 7.99. The Bertz CT molecular complexity index is 1620. The van der Waals surface area contributed by atoms with Crippen molar-refractivity contribution in [2.24, 2.45) is 0 Å². The van der Waals surface area contributed by atoms with E-state index in [1.54, 1.807) is 24.3 Å². The Hall–Kier alpha value is -3.41. The van der Waals surface area contributed by atoms with Crippen LogP contribution in [0, 0.1) is 0 Å². The van der Waals surface area contributed by atoms with E-state index >= 15 is 0 Å². The van der Waals surface area contributed by atoms with Crippen LogP contribution >= 0.6 is 47.2 Å². The van der Waals surface area contributed by atoms with Gasteiger partial charge < -0.3 is 15.2 Å². The summed E-state index contributed by atoms with van der Waals surface area (Å²) in [5.41, 5.74) is 2.85. The van der Waals surface area contributed by atoms with Gasteiger partial charge in [0.1, 0.15) is 16.7 Å². The van der Waals surface area contributed by atoms with Crippen molar-refractivity contribution in [2.75, 3.05) is 38.1 Å². The number of halogens is 2. The first-order chi connectivity index (χ1) is 21.2. The summed E-state index contributed by atoms with van der Waals surface area (Å²) in [7, 11) is 0. The fourth-order valence-electron chi connectivity index (χ4n) is 4.94. The minimum absolute atomic E-state index is 0.00795. The molecule has 3 aromatic carbocycles. The second-order valence-corrected chi connectivity index (χ2v) is 12.8. The number of ether oxygens (including phenoxy) is 1. The van der Waals surface area contributed by atoms with Crippen LogP contribution in [0.5, 0.6) is 5.75 Å². The smallest absolute Gasteiger partial charge is 0.335 e. The number of aromatic carboxylic acids is 1. The fraction of sp³-hybridized carbons (Fsp3) is 0.250. The molecule has 0 aromatic heterocycles. The van der Waals surface area contributed by atoms with Gasteiger partial charge in [0.15, 0.2) is 0 Å². The SMILES string of the molecule is O=C(CCN1C(=O)C(=Cc2cc(-c3cc(Cl)ccc3Cl)ccc2OCCN2CCCC2)SC1=S)Nc1ccc(C(=O)O)cc1. The van der Waals surface area contributed by atoms with Gasteiger partial charge in [-0.15, -0.1) is 0 Å². The van der Waals surface area contributed by atoms with Crippen molar-refractivity contribution in [1.29, 1.82) is 0 Å². The summed E-state index contributed by atoms with van der Waals surface area (Å²) in [5.74, 6) is -1.05. The number of carbonyl (C=O) groups excluding carboxylic acids is 2. The van der Waals surface area contributed by atoms with Crippen LogP contribution in [0.15, 0.2) is 65.6 Å². The molecule has 0 unspecified atom stereocenters. The average molecular weight is 671 g/mol. The van der Waals surface area contributed by atoms with Crippen molar-refractivity contribution in [3.63, 3.8) is 0 Å². The maximum absolute atomic E-state index is 13.4. The molecule has 8 nitrogen and oxygen atoms in total. The van der Waals surface area contributed by atoms with Gasteiger partial charge in [-0.1, -0.05) is 53.2 Å². The number of amides is 2. The number of thiocarbonyl (C=S) groups is 1. The lowest BCUT2D eigenvalue weighted by Crippen LogP contribution is -2.31. The monoisotopic (exact) mass is 669 g/mol. The molecule has 12 heteroatoms. The quantitative estimate of drug-likeness (QED) is 0.165. The van der Waals surface area contributed by atoms with E-state index in [9.17, 15) is 14.4 Å². The third-order valence-electron chi connectivity index (χ3n) is 7.25. The largest absolute Gasteiger partial charge is 0.492 e. The highest BCUT2D eigenvalue weighted by atomic mass is 35.5. The van der Waals surface area contributed by atoms with E-state index in [0.717, 1.165) is 30.8 Å². The second-order valence-electron chi connectivity index (χ2n) is 10.3. The van der Waals surface area contributed by atoms with E-state index in [0.29, 0.717) is 42.9 Å². The van der Waals surface area contributed by atoms with Gasteiger partial charge in [-0.3, -0.25) is 19.4 Å². The van der Waals surface area contributed by atoms with Crippen molar-refractivity contribution in [3.05, 3.63) is 86.7 Å². The molecule has 2 amide bonds. The molecule has 3 aromatic rings. The van der Waals surface area contributed by atoms with Crippen molar-refractivity contribution in [1.82, 2.24) is 9.80 Å². The Morgan fingerprint density at radius 2 is 1.77 bits per heavy atom. The van der Waals surface area contributed by atoms with Crippen molar-refractivity contribution in [3.8, 4) is 16.9 Å². The van der Waals surface area contributed by atoms with E-state index in [1.807, 2.05) is 18.2 Å². The van der Waals surface area contributed by atoms with Crippen LogP contribution in [0.2, 0.25) is 10.0 Å². The molecule has 2 N–H and O–H groups in total. The van der Waals surface area contributed by atoms with E-state index < -0.39 is 5.97 Å². The zero-order chi connectivity index (χ0) is 31.2. The molecule has 5 rings (SSSR count). The number of carboxylic acids is 1. The Labute approximate surface area is 275 Å². The molecule has 2 aliphatic rings. The van der Waals surface area contributed by atoms with Crippen molar-refractivity contribution < 1.29 is 24.2 Å². The molecule has 2 aliphatic heterocycles. The summed E-state index contributed by atoms with van der Waals surface area (Å²) < 4.78 is 6.55. The van der Waals surface area contributed by atoms with Gasteiger partial charge in [0.2, 0.25) is 5.91 Å². The van der Waals surface area contributed by atoms with E-state index in [-0.39, 0.29) is 30.3 Å².